The molecular formula is C20H21NO6. The first-order chi connectivity index (χ1) is 13.1. The highest BCUT2D eigenvalue weighted by Crippen LogP contribution is 2.41. The van der Waals surface area contributed by atoms with Gasteiger partial charge in [-0.05, 0) is 24.3 Å². The number of fused-ring (bicyclic) bond motifs is 1. The van der Waals surface area contributed by atoms with E-state index in [1.807, 2.05) is 6.07 Å². The van der Waals surface area contributed by atoms with Gasteiger partial charge in [0.05, 0.1) is 52.0 Å². The lowest BCUT2D eigenvalue weighted by Crippen LogP contribution is -2.04. The molecule has 0 aliphatic heterocycles. The molecule has 7 heteroatoms. The zero-order valence-electron chi connectivity index (χ0n) is 15.8. The summed E-state index contributed by atoms with van der Waals surface area (Å²) in [6, 6.07) is 6.86. The number of benzene rings is 2. The van der Waals surface area contributed by atoms with Crippen LogP contribution in [0.2, 0.25) is 0 Å². The smallest absolute Gasteiger partial charge is 0.203 e. The summed E-state index contributed by atoms with van der Waals surface area (Å²) in [4.78, 5) is 16.4. The van der Waals surface area contributed by atoms with E-state index in [0.717, 1.165) is 5.52 Å². The minimum Gasteiger partial charge on any atom is -0.493 e. The van der Waals surface area contributed by atoms with Crippen molar-refractivity contribution in [3.63, 3.8) is 0 Å². The number of carbonyl (C=O) groups excluding carboxylic acids is 1. The second-order valence-electron chi connectivity index (χ2n) is 5.67. The van der Waals surface area contributed by atoms with Crippen molar-refractivity contribution in [1.82, 2.24) is 4.98 Å². The average molecular weight is 371 g/mol. The molecule has 0 aliphatic carbocycles. The van der Waals surface area contributed by atoms with Gasteiger partial charge in [0.15, 0.2) is 28.8 Å². The molecule has 0 fully saturated rings. The molecule has 7 nitrogen and oxygen atoms in total. The highest BCUT2D eigenvalue weighted by molar-refractivity contribution is 6.18. The molecule has 27 heavy (non-hydrogen) atoms. The first-order valence-corrected chi connectivity index (χ1v) is 8.16. The number of hydrogen-bond acceptors (Lipinski definition) is 6. The van der Waals surface area contributed by atoms with Crippen LogP contribution in [-0.2, 0) is 0 Å². The zero-order chi connectivity index (χ0) is 19.6. The summed E-state index contributed by atoms with van der Waals surface area (Å²) < 4.78 is 26.9. The van der Waals surface area contributed by atoms with E-state index >= 15 is 0 Å². The third-order valence-electron chi connectivity index (χ3n) is 4.36. The van der Waals surface area contributed by atoms with E-state index in [1.54, 1.807) is 31.5 Å². The van der Waals surface area contributed by atoms with E-state index < -0.39 is 0 Å². The van der Waals surface area contributed by atoms with Crippen LogP contribution in [0.3, 0.4) is 0 Å². The fourth-order valence-electron chi connectivity index (χ4n) is 3.08. The predicted molar refractivity (Wildman–Crippen MR) is 101 cm³/mol. The molecule has 1 aromatic heterocycles. The fraction of sp³-hybridized carbons (Fsp3) is 0.250. The SMILES string of the molecule is COc1cc(C(=O)c2c[nH]c3ccc(OC)c(OC)c23)cc(OC)c1OC. The average Bonchev–Trinajstić information content (AvgIpc) is 3.15. The Balaban J connectivity index is 2.20. The zero-order valence-corrected chi connectivity index (χ0v) is 15.8. The Bertz CT molecular complexity index is 967. The summed E-state index contributed by atoms with van der Waals surface area (Å²) >= 11 is 0. The fourth-order valence-corrected chi connectivity index (χ4v) is 3.08. The van der Waals surface area contributed by atoms with Crippen LogP contribution >= 0.6 is 0 Å². The maximum atomic E-state index is 13.3. The van der Waals surface area contributed by atoms with Gasteiger partial charge < -0.3 is 28.7 Å². The first kappa shape index (κ1) is 18.4. The van der Waals surface area contributed by atoms with Crippen molar-refractivity contribution in [3.05, 3.63) is 41.6 Å². The van der Waals surface area contributed by atoms with Gasteiger partial charge in [-0.3, -0.25) is 4.79 Å². The van der Waals surface area contributed by atoms with E-state index in [4.69, 9.17) is 23.7 Å². The van der Waals surface area contributed by atoms with E-state index in [9.17, 15) is 4.79 Å². The maximum absolute atomic E-state index is 13.3. The van der Waals surface area contributed by atoms with Crippen molar-refractivity contribution < 1.29 is 28.5 Å². The minimum absolute atomic E-state index is 0.216. The largest absolute Gasteiger partial charge is 0.493 e. The second kappa shape index (κ2) is 7.49. The van der Waals surface area contributed by atoms with Gasteiger partial charge in [0.2, 0.25) is 5.75 Å². The van der Waals surface area contributed by atoms with E-state index in [0.29, 0.717) is 45.3 Å². The summed E-state index contributed by atoms with van der Waals surface area (Å²) in [5.41, 5.74) is 1.62. The molecule has 1 heterocycles. The van der Waals surface area contributed by atoms with Crippen LogP contribution in [0.4, 0.5) is 0 Å². The molecule has 0 bridgehead atoms. The standard InChI is InChI=1S/C20H21NO6/c1-23-14-7-6-13-17(20(14)27-5)12(10-21-13)18(22)11-8-15(24-2)19(26-4)16(9-11)25-3/h6-10,21H,1-5H3. The number of aromatic nitrogens is 1. The number of methoxy groups -OCH3 is 5. The van der Waals surface area contributed by atoms with Crippen molar-refractivity contribution in [2.24, 2.45) is 0 Å². The lowest BCUT2D eigenvalue weighted by molar-refractivity contribution is 0.103. The monoisotopic (exact) mass is 371 g/mol. The molecule has 0 amide bonds. The third-order valence-corrected chi connectivity index (χ3v) is 4.36. The van der Waals surface area contributed by atoms with Crippen molar-refractivity contribution in [2.75, 3.05) is 35.5 Å². The summed E-state index contributed by atoms with van der Waals surface area (Å²) in [6.45, 7) is 0. The van der Waals surface area contributed by atoms with Crippen LogP contribution < -0.4 is 23.7 Å². The second-order valence-corrected chi connectivity index (χ2v) is 5.67. The molecule has 142 valence electrons. The van der Waals surface area contributed by atoms with E-state index in [2.05, 4.69) is 4.98 Å². The van der Waals surface area contributed by atoms with Crippen LogP contribution in [-0.4, -0.2) is 46.3 Å². The lowest BCUT2D eigenvalue weighted by atomic mass is 10.0. The summed E-state index contributed by atoms with van der Waals surface area (Å²) in [5.74, 6) is 2.06. The quantitative estimate of drug-likeness (QED) is 0.641. The number of nitrogens with one attached hydrogen (secondary N) is 1. The topological polar surface area (TPSA) is 79.0 Å². The summed E-state index contributed by atoms with van der Waals surface area (Å²) in [5, 5.41) is 0.649. The molecule has 0 radical (unpaired) electrons. The molecule has 0 unspecified atom stereocenters. The number of H-pyrrole nitrogens is 1. The molecule has 2 aromatic carbocycles. The summed E-state index contributed by atoms with van der Waals surface area (Å²) in [7, 11) is 7.62. The Labute approximate surface area is 156 Å². The Morgan fingerprint density at radius 2 is 1.37 bits per heavy atom. The Kier molecular flexibility index (Phi) is 5.12. The number of carbonyl (C=O) groups is 1. The van der Waals surface area contributed by atoms with Gasteiger partial charge >= 0.3 is 0 Å². The predicted octanol–water partition coefficient (Wildman–Crippen LogP) is 3.44. The molecule has 0 saturated carbocycles. The van der Waals surface area contributed by atoms with Gasteiger partial charge in [-0.2, -0.15) is 0 Å². The molecule has 3 aromatic rings. The van der Waals surface area contributed by atoms with Crippen molar-refractivity contribution >= 4 is 16.7 Å². The van der Waals surface area contributed by atoms with E-state index in [-0.39, 0.29) is 5.78 Å². The molecule has 0 saturated heterocycles. The van der Waals surface area contributed by atoms with Crippen LogP contribution in [0.25, 0.3) is 10.9 Å². The van der Waals surface area contributed by atoms with Crippen LogP contribution in [0.15, 0.2) is 30.5 Å². The van der Waals surface area contributed by atoms with Gasteiger partial charge in [0.25, 0.3) is 0 Å². The number of ether oxygens (including phenoxy) is 5. The van der Waals surface area contributed by atoms with Gasteiger partial charge in [-0.15, -0.1) is 0 Å². The molecule has 0 spiro atoms. The lowest BCUT2D eigenvalue weighted by Gasteiger charge is -2.14. The number of aromatic amines is 1. The number of hydrogen-bond donors (Lipinski definition) is 1. The first-order valence-electron chi connectivity index (χ1n) is 8.16. The van der Waals surface area contributed by atoms with Crippen LogP contribution in [0.1, 0.15) is 15.9 Å². The van der Waals surface area contributed by atoms with E-state index in [1.165, 1.54) is 28.4 Å². The van der Waals surface area contributed by atoms with Gasteiger partial charge in [-0.25, -0.2) is 0 Å². The molecule has 0 aliphatic rings. The molecular weight excluding hydrogens is 350 g/mol. The molecule has 3 rings (SSSR count). The van der Waals surface area contributed by atoms with Gasteiger partial charge in [0.1, 0.15) is 0 Å². The van der Waals surface area contributed by atoms with Crippen molar-refractivity contribution in [3.8, 4) is 28.7 Å². The summed E-state index contributed by atoms with van der Waals surface area (Å²) in [6.07, 6.45) is 1.65. The molecule has 1 N–H and O–H groups in total. The van der Waals surface area contributed by atoms with Crippen molar-refractivity contribution in [2.45, 2.75) is 0 Å². The number of ketones is 1. The van der Waals surface area contributed by atoms with Gasteiger partial charge in [-0.1, -0.05) is 0 Å². The van der Waals surface area contributed by atoms with Crippen LogP contribution in [0.5, 0.6) is 28.7 Å². The van der Waals surface area contributed by atoms with Crippen molar-refractivity contribution in [1.29, 1.82) is 0 Å². The van der Waals surface area contributed by atoms with Gasteiger partial charge in [0, 0.05) is 11.8 Å². The van der Waals surface area contributed by atoms with Crippen LogP contribution in [0, 0.1) is 0 Å². The highest BCUT2D eigenvalue weighted by atomic mass is 16.5. The highest BCUT2D eigenvalue weighted by Gasteiger charge is 2.23. The Morgan fingerprint density at radius 1 is 0.778 bits per heavy atom. The Hall–Kier alpha value is -3.35. The number of rotatable bonds is 7. The normalized spacial score (nSPS) is 10.6. The molecule has 0 atom stereocenters. The Morgan fingerprint density at radius 3 is 1.89 bits per heavy atom. The third kappa shape index (κ3) is 3.01. The maximum Gasteiger partial charge on any atom is 0.203 e. The minimum atomic E-state index is -0.216.